The topological polar surface area (TPSA) is 103 Å². The molecular weight excluding hydrogens is 440 g/mol. The SMILES string of the molecule is N#Cc1c(-c2ccccc2)nc(NN=Cc2ccc(OCc3ccc(F)cc3F)cc2)[nH]c1=O. The van der Waals surface area contributed by atoms with Gasteiger partial charge in [0.1, 0.15) is 35.6 Å². The van der Waals surface area contributed by atoms with Crippen LogP contribution in [0.2, 0.25) is 0 Å². The van der Waals surface area contributed by atoms with Crippen molar-refractivity contribution in [1.29, 1.82) is 5.26 Å². The molecule has 3 aromatic carbocycles. The molecule has 1 aromatic heterocycles. The summed E-state index contributed by atoms with van der Waals surface area (Å²) < 4.78 is 32.2. The molecule has 34 heavy (non-hydrogen) atoms. The standard InChI is InChI=1S/C25H17F2N5O2/c26-19-9-8-18(22(27)12-19)15-34-20-10-6-16(7-11-20)14-29-32-25-30-23(17-4-2-1-3-5-17)21(13-28)24(33)31-25/h1-12,14H,15H2,(H2,30,31,32,33). The van der Waals surface area contributed by atoms with Crippen molar-refractivity contribution in [2.45, 2.75) is 6.61 Å². The van der Waals surface area contributed by atoms with Crippen LogP contribution in [-0.4, -0.2) is 16.2 Å². The zero-order chi connectivity index (χ0) is 23.9. The highest BCUT2D eigenvalue weighted by molar-refractivity contribution is 5.80. The average molecular weight is 457 g/mol. The van der Waals surface area contributed by atoms with E-state index in [0.29, 0.717) is 16.9 Å². The van der Waals surface area contributed by atoms with Crippen LogP contribution in [0.3, 0.4) is 0 Å². The first-order chi connectivity index (χ1) is 16.5. The summed E-state index contributed by atoms with van der Waals surface area (Å²) in [5.41, 5.74) is 3.84. The number of aromatic nitrogens is 2. The highest BCUT2D eigenvalue weighted by Gasteiger charge is 2.12. The van der Waals surface area contributed by atoms with Crippen molar-refractivity contribution < 1.29 is 13.5 Å². The van der Waals surface area contributed by atoms with E-state index in [0.717, 1.165) is 6.07 Å². The Hall–Kier alpha value is -4.84. The molecule has 0 saturated carbocycles. The molecule has 2 N–H and O–H groups in total. The lowest BCUT2D eigenvalue weighted by Gasteiger charge is -2.07. The Labute approximate surface area is 193 Å². The summed E-state index contributed by atoms with van der Waals surface area (Å²) in [6, 6.07) is 20.9. The second-order valence-electron chi connectivity index (χ2n) is 7.08. The third kappa shape index (κ3) is 5.31. The molecule has 0 atom stereocenters. The average Bonchev–Trinajstić information content (AvgIpc) is 2.84. The van der Waals surface area contributed by atoms with Gasteiger partial charge in [-0.2, -0.15) is 10.4 Å². The molecule has 0 spiro atoms. The highest BCUT2D eigenvalue weighted by atomic mass is 19.1. The molecule has 0 bridgehead atoms. The van der Waals surface area contributed by atoms with E-state index in [4.69, 9.17) is 4.74 Å². The molecule has 0 saturated heterocycles. The summed E-state index contributed by atoms with van der Waals surface area (Å²) in [5.74, 6) is -0.727. The molecule has 7 nitrogen and oxygen atoms in total. The zero-order valence-corrected chi connectivity index (χ0v) is 17.6. The van der Waals surface area contributed by atoms with Crippen LogP contribution < -0.4 is 15.7 Å². The van der Waals surface area contributed by atoms with Crippen LogP contribution in [0, 0.1) is 23.0 Å². The summed E-state index contributed by atoms with van der Waals surface area (Å²) in [7, 11) is 0. The van der Waals surface area contributed by atoms with Gasteiger partial charge in [0.05, 0.1) is 11.9 Å². The van der Waals surface area contributed by atoms with Crippen molar-refractivity contribution >= 4 is 12.2 Å². The number of hydrogen-bond acceptors (Lipinski definition) is 6. The minimum atomic E-state index is -0.667. The van der Waals surface area contributed by atoms with E-state index in [1.807, 2.05) is 12.1 Å². The summed E-state index contributed by atoms with van der Waals surface area (Å²) in [5, 5.41) is 13.4. The fraction of sp³-hybridized carbons (Fsp3) is 0.0400. The van der Waals surface area contributed by atoms with Crippen LogP contribution in [0.4, 0.5) is 14.7 Å². The second kappa shape index (κ2) is 10.2. The van der Waals surface area contributed by atoms with E-state index >= 15 is 0 Å². The predicted molar refractivity (Wildman–Crippen MR) is 123 cm³/mol. The first kappa shape index (κ1) is 22.4. The van der Waals surface area contributed by atoms with Gasteiger partial charge in [-0.1, -0.05) is 30.3 Å². The summed E-state index contributed by atoms with van der Waals surface area (Å²) in [4.78, 5) is 19.1. The Kier molecular flexibility index (Phi) is 6.70. The first-order valence-electron chi connectivity index (χ1n) is 10.1. The molecule has 168 valence electrons. The molecule has 4 rings (SSSR count). The van der Waals surface area contributed by atoms with E-state index in [1.165, 1.54) is 18.3 Å². The third-order valence-corrected chi connectivity index (χ3v) is 4.75. The number of anilines is 1. The Morgan fingerprint density at radius 3 is 2.56 bits per heavy atom. The van der Waals surface area contributed by atoms with E-state index in [1.54, 1.807) is 48.5 Å². The van der Waals surface area contributed by atoms with Gasteiger partial charge in [-0.05, 0) is 42.0 Å². The molecule has 0 aliphatic carbocycles. The van der Waals surface area contributed by atoms with Crippen molar-refractivity contribution in [3.05, 3.63) is 111 Å². The summed E-state index contributed by atoms with van der Waals surface area (Å²) in [6.07, 6.45) is 1.50. The molecule has 0 aliphatic heterocycles. The molecule has 0 radical (unpaired) electrons. The number of benzene rings is 3. The number of nitrogens with zero attached hydrogens (tertiary/aromatic N) is 3. The maximum Gasteiger partial charge on any atom is 0.270 e. The van der Waals surface area contributed by atoms with Crippen LogP contribution in [-0.2, 0) is 6.61 Å². The minimum Gasteiger partial charge on any atom is -0.489 e. The smallest absolute Gasteiger partial charge is 0.270 e. The highest BCUT2D eigenvalue weighted by Crippen LogP contribution is 2.19. The van der Waals surface area contributed by atoms with Gasteiger partial charge >= 0.3 is 0 Å². The minimum absolute atomic E-state index is 0.0391. The monoisotopic (exact) mass is 457 g/mol. The van der Waals surface area contributed by atoms with E-state index in [9.17, 15) is 18.8 Å². The van der Waals surface area contributed by atoms with E-state index < -0.39 is 17.2 Å². The van der Waals surface area contributed by atoms with Crippen LogP contribution in [0.25, 0.3) is 11.3 Å². The van der Waals surface area contributed by atoms with Crippen molar-refractivity contribution in [3.8, 4) is 23.1 Å². The largest absolute Gasteiger partial charge is 0.489 e. The number of ether oxygens (including phenoxy) is 1. The van der Waals surface area contributed by atoms with Crippen LogP contribution in [0.1, 0.15) is 16.7 Å². The third-order valence-electron chi connectivity index (χ3n) is 4.75. The Morgan fingerprint density at radius 2 is 1.85 bits per heavy atom. The fourth-order valence-electron chi connectivity index (χ4n) is 3.05. The van der Waals surface area contributed by atoms with Crippen molar-refractivity contribution in [2.75, 3.05) is 5.43 Å². The first-order valence-corrected chi connectivity index (χ1v) is 10.1. The summed E-state index contributed by atoms with van der Waals surface area (Å²) in [6.45, 7) is -0.0391. The van der Waals surface area contributed by atoms with Gasteiger partial charge in [0.15, 0.2) is 0 Å². The molecule has 9 heteroatoms. The number of H-pyrrole nitrogens is 1. The molecule has 0 amide bonds. The maximum absolute atomic E-state index is 13.7. The van der Waals surface area contributed by atoms with E-state index in [2.05, 4.69) is 20.5 Å². The fourth-order valence-corrected chi connectivity index (χ4v) is 3.05. The van der Waals surface area contributed by atoms with Crippen molar-refractivity contribution in [3.63, 3.8) is 0 Å². The van der Waals surface area contributed by atoms with Gasteiger partial charge in [0.25, 0.3) is 5.56 Å². The molecule has 0 fully saturated rings. The van der Waals surface area contributed by atoms with E-state index in [-0.39, 0.29) is 29.4 Å². The second-order valence-corrected chi connectivity index (χ2v) is 7.08. The van der Waals surface area contributed by atoms with Crippen LogP contribution in [0.15, 0.2) is 82.7 Å². The number of rotatable bonds is 7. The number of nitrogens with one attached hydrogen (secondary N) is 2. The lowest BCUT2D eigenvalue weighted by Crippen LogP contribution is -2.16. The molecular formula is C25H17F2N5O2. The number of nitriles is 1. The Morgan fingerprint density at radius 1 is 1.09 bits per heavy atom. The van der Waals surface area contributed by atoms with Gasteiger partial charge in [0.2, 0.25) is 5.95 Å². The van der Waals surface area contributed by atoms with Gasteiger partial charge in [0, 0.05) is 17.2 Å². The van der Waals surface area contributed by atoms with Crippen molar-refractivity contribution in [1.82, 2.24) is 9.97 Å². The summed E-state index contributed by atoms with van der Waals surface area (Å²) >= 11 is 0. The zero-order valence-electron chi connectivity index (χ0n) is 17.6. The molecule has 4 aromatic rings. The van der Waals surface area contributed by atoms with Crippen LogP contribution in [0.5, 0.6) is 5.75 Å². The lowest BCUT2D eigenvalue weighted by atomic mass is 10.1. The molecule has 0 aliphatic rings. The van der Waals surface area contributed by atoms with Crippen LogP contribution >= 0.6 is 0 Å². The Balaban J connectivity index is 1.42. The van der Waals surface area contributed by atoms with Gasteiger partial charge < -0.3 is 4.74 Å². The van der Waals surface area contributed by atoms with Gasteiger partial charge in [-0.3, -0.25) is 9.78 Å². The number of aromatic amines is 1. The normalized spacial score (nSPS) is 10.7. The quantitative estimate of drug-likeness (QED) is 0.312. The lowest BCUT2D eigenvalue weighted by molar-refractivity contribution is 0.299. The predicted octanol–water partition coefficient (Wildman–Crippen LogP) is 4.61. The number of halogens is 2. The molecule has 1 heterocycles. The molecule has 0 unspecified atom stereocenters. The van der Waals surface area contributed by atoms with Crippen molar-refractivity contribution in [2.24, 2.45) is 5.10 Å². The maximum atomic E-state index is 13.7. The Bertz CT molecular complexity index is 1430. The van der Waals surface area contributed by atoms with Gasteiger partial charge in [-0.15, -0.1) is 0 Å². The number of hydrazone groups is 1. The number of hydrogen-bond donors (Lipinski definition) is 2. The van der Waals surface area contributed by atoms with Gasteiger partial charge in [-0.25, -0.2) is 19.2 Å².